The Morgan fingerprint density at radius 2 is 1.44 bits per heavy atom. The van der Waals surface area contributed by atoms with Gasteiger partial charge in [-0.1, -0.05) is 78.3 Å². The molecule has 0 heteroatoms. The van der Waals surface area contributed by atoms with E-state index in [-0.39, 0.29) is 0 Å². The quantitative estimate of drug-likeness (QED) is 0.608. The van der Waals surface area contributed by atoms with Crippen LogP contribution in [0.3, 0.4) is 0 Å². The highest BCUT2D eigenvalue weighted by Crippen LogP contribution is 2.39. The van der Waals surface area contributed by atoms with E-state index in [1.807, 2.05) is 0 Å². The van der Waals surface area contributed by atoms with Crippen LogP contribution < -0.4 is 0 Å². The van der Waals surface area contributed by atoms with Crippen LogP contribution in [0.25, 0.3) is 0 Å². The SMILES string of the molecule is CC(C)(C)CCCC(c1ccccc1)C(C)(C)C. The van der Waals surface area contributed by atoms with Crippen LogP contribution in [0.4, 0.5) is 0 Å². The molecule has 18 heavy (non-hydrogen) atoms. The molecule has 0 amide bonds. The molecule has 102 valence electrons. The number of hydrogen-bond donors (Lipinski definition) is 0. The molecule has 0 aliphatic carbocycles. The van der Waals surface area contributed by atoms with Crippen molar-refractivity contribution >= 4 is 0 Å². The Kier molecular flexibility index (Phi) is 5.01. The molecule has 1 aromatic rings. The topological polar surface area (TPSA) is 0 Å². The molecular formula is C18H30. The molecular weight excluding hydrogens is 216 g/mol. The molecule has 0 aromatic heterocycles. The summed E-state index contributed by atoms with van der Waals surface area (Å²) >= 11 is 0. The average Bonchev–Trinajstić information content (AvgIpc) is 2.22. The van der Waals surface area contributed by atoms with Crippen LogP contribution in [-0.2, 0) is 0 Å². The molecule has 0 bridgehead atoms. The number of rotatable bonds is 4. The Morgan fingerprint density at radius 3 is 1.89 bits per heavy atom. The molecule has 0 N–H and O–H groups in total. The van der Waals surface area contributed by atoms with E-state index in [2.05, 4.69) is 71.9 Å². The molecule has 0 radical (unpaired) electrons. The lowest BCUT2D eigenvalue weighted by Crippen LogP contribution is -2.19. The van der Waals surface area contributed by atoms with Gasteiger partial charge in [0.15, 0.2) is 0 Å². The van der Waals surface area contributed by atoms with Gasteiger partial charge in [-0.2, -0.15) is 0 Å². The monoisotopic (exact) mass is 246 g/mol. The lowest BCUT2D eigenvalue weighted by atomic mass is 9.73. The molecule has 0 aliphatic heterocycles. The summed E-state index contributed by atoms with van der Waals surface area (Å²) < 4.78 is 0. The van der Waals surface area contributed by atoms with E-state index >= 15 is 0 Å². The van der Waals surface area contributed by atoms with Crippen molar-refractivity contribution in [1.82, 2.24) is 0 Å². The third-order valence-electron chi connectivity index (χ3n) is 3.67. The summed E-state index contributed by atoms with van der Waals surface area (Å²) in [6.45, 7) is 14.1. The van der Waals surface area contributed by atoms with Crippen molar-refractivity contribution < 1.29 is 0 Å². The van der Waals surface area contributed by atoms with Gasteiger partial charge < -0.3 is 0 Å². The first-order valence-corrected chi connectivity index (χ1v) is 7.25. The van der Waals surface area contributed by atoms with Crippen molar-refractivity contribution in [2.24, 2.45) is 10.8 Å². The Balaban J connectivity index is 2.70. The van der Waals surface area contributed by atoms with Crippen molar-refractivity contribution in [1.29, 1.82) is 0 Å². The Morgan fingerprint density at radius 1 is 0.889 bits per heavy atom. The number of benzene rings is 1. The minimum absolute atomic E-state index is 0.346. The molecule has 1 unspecified atom stereocenters. The summed E-state index contributed by atoms with van der Waals surface area (Å²) in [4.78, 5) is 0. The zero-order valence-electron chi connectivity index (χ0n) is 13.1. The van der Waals surface area contributed by atoms with E-state index in [9.17, 15) is 0 Å². The summed E-state index contributed by atoms with van der Waals surface area (Å²) in [5, 5.41) is 0. The van der Waals surface area contributed by atoms with E-state index < -0.39 is 0 Å². The molecule has 0 saturated heterocycles. The molecule has 0 aliphatic rings. The predicted molar refractivity (Wildman–Crippen MR) is 81.9 cm³/mol. The van der Waals surface area contributed by atoms with Gasteiger partial charge in [-0.3, -0.25) is 0 Å². The van der Waals surface area contributed by atoms with Crippen LogP contribution in [0.15, 0.2) is 30.3 Å². The van der Waals surface area contributed by atoms with Crippen molar-refractivity contribution in [3.8, 4) is 0 Å². The van der Waals surface area contributed by atoms with Crippen LogP contribution in [0.2, 0.25) is 0 Å². The van der Waals surface area contributed by atoms with Gasteiger partial charge in [-0.05, 0) is 35.2 Å². The second-order valence-electron chi connectivity index (χ2n) is 7.78. The molecule has 1 rings (SSSR count). The van der Waals surface area contributed by atoms with Gasteiger partial charge in [0.05, 0.1) is 0 Å². The van der Waals surface area contributed by atoms with Crippen LogP contribution in [-0.4, -0.2) is 0 Å². The highest BCUT2D eigenvalue weighted by Gasteiger charge is 2.26. The van der Waals surface area contributed by atoms with Crippen LogP contribution in [0.1, 0.15) is 72.3 Å². The molecule has 0 nitrogen and oxygen atoms in total. The maximum Gasteiger partial charge on any atom is -0.0113 e. The highest BCUT2D eigenvalue weighted by atomic mass is 14.3. The fourth-order valence-electron chi connectivity index (χ4n) is 2.62. The van der Waals surface area contributed by atoms with Crippen molar-refractivity contribution in [2.45, 2.75) is 66.7 Å². The molecule has 1 aromatic carbocycles. The van der Waals surface area contributed by atoms with Crippen molar-refractivity contribution in [3.63, 3.8) is 0 Å². The Bertz CT molecular complexity index is 335. The minimum atomic E-state index is 0.346. The van der Waals surface area contributed by atoms with Gasteiger partial charge in [-0.15, -0.1) is 0 Å². The minimum Gasteiger partial charge on any atom is -0.0622 e. The van der Waals surface area contributed by atoms with Gasteiger partial charge in [0, 0.05) is 0 Å². The summed E-state index contributed by atoms with van der Waals surface area (Å²) in [5.74, 6) is 0.668. The summed E-state index contributed by atoms with van der Waals surface area (Å²) in [5.41, 5.74) is 2.30. The predicted octanol–water partition coefficient (Wildman–Crippen LogP) is 6.03. The van der Waals surface area contributed by atoms with Crippen LogP contribution in [0.5, 0.6) is 0 Å². The summed E-state index contributed by atoms with van der Waals surface area (Å²) in [6, 6.07) is 11.0. The van der Waals surface area contributed by atoms with E-state index in [0.717, 1.165) is 0 Å². The normalized spacial score (nSPS) is 14.6. The summed E-state index contributed by atoms with van der Waals surface area (Å²) in [6.07, 6.45) is 3.93. The molecule has 0 spiro atoms. The second kappa shape index (κ2) is 5.91. The first-order chi connectivity index (χ1) is 8.20. The lowest BCUT2D eigenvalue weighted by Gasteiger charge is -2.32. The molecule has 1 atom stereocenters. The zero-order valence-corrected chi connectivity index (χ0v) is 13.1. The molecule has 0 saturated carbocycles. The largest absolute Gasteiger partial charge is 0.0622 e. The third kappa shape index (κ3) is 5.25. The van der Waals surface area contributed by atoms with Crippen molar-refractivity contribution in [3.05, 3.63) is 35.9 Å². The van der Waals surface area contributed by atoms with Gasteiger partial charge in [0.25, 0.3) is 0 Å². The standard InChI is InChI=1S/C18H30/c1-17(2,3)14-10-13-16(18(4,5)6)15-11-8-7-9-12-15/h7-9,11-12,16H,10,13-14H2,1-6H3. The summed E-state index contributed by atoms with van der Waals surface area (Å²) in [7, 11) is 0. The Labute approximate surface area is 114 Å². The van der Waals surface area contributed by atoms with Gasteiger partial charge in [-0.25, -0.2) is 0 Å². The molecule has 0 fully saturated rings. The van der Waals surface area contributed by atoms with Crippen LogP contribution in [0, 0.1) is 10.8 Å². The van der Waals surface area contributed by atoms with E-state index in [1.165, 1.54) is 24.8 Å². The number of hydrogen-bond acceptors (Lipinski definition) is 0. The van der Waals surface area contributed by atoms with Gasteiger partial charge in [0.1, 0.15) is 0 Å². The first-order valence-electron chi connectivity index (χ1n) is 7.25. The van der Waals surface area contributed by atoms with Crippen molar-refractivity contribution in [2.75, 3.05) is 0 Å². The fraction of sp³-hybridized carbons (Fsp3) is 0.667. The maximum absolute atomic E-state index is 2.36. The third-order valence-corrected chi connectivity index (χ3v) is 3.67. The van der Waals surface area contributed by atoms with Gasteiger partial charge in [0.2, 0.25) is 0 Å². The van der Waals surface area contributed by atoms with Crippen LogP contribution >= 0.6 is 0 Å². The average molecular weight is 246 g/mol. The van der Waals surface area contributed by atoms with Gasteiger partial charge >= 0.3 is 0 Å². The Hall–Kier alpha value is -0.780. The highest BCUT2D eigenvalue weighted by molar-refractivity contribution is 5.21. The lowest BCUT2D eigenvalue weighted by molar-refractivity contribution is 0.277. The van der Waals surface area contributed by atoms with E-state index in [1.54, 1.807) is 0 Å². The molecule has 0 heterocycles. The maximum atomic E-state index is 2.36. The first kappa shape index (κ1) is 15.3. The van der Waals surface area contributed by atoms with E-state index in [4.69, 9.17) is 0 Å². The van der Waals surface area contributed by atoms with E-state index in [0.29, 0.717) is 16.7 Å². The smallest absolute Gasteiger partial charge is 0.0113 e. The fourth-order valence-corrected chi connectivity index (χ4v) is 2.62. The second-order valence-corrected chi connectivity index (χ2v) is 7.78. The zero-order chi connectivity index (χ0) is 13.8.